The third kappa shape index (κ3) is 3.09. The number of carbonyl (C=O) groups excluding carboxylic acids is 1. The minimum Gasteiger partial charge on any atom is -0.483 e. The molecule has 0 bridgehead atoms. The number of pyridine rings is 1. The van der Waals surface area contributed by atoms with E-state index in [1.54, 1.807) is 41.4 Å². The van der Waals surface area contributed by atoms with Crippen LogP contribution in [0.2, 0.25) is 0 Å². The Hall–Kier alpha value is -3.02. The van der Waals surface area contributed by atoms with E-state index >= 15 is 0 Å². The van der Waals surface area contributed by atoms with E-state index in [0.29, 0.717) is 16.5 Å². The molecule has 0 saturated carbocycles. The van der Waals surface area contributed by atoms with E-state index < -0.39 is 23.3 Å². The number of rotatable bonds is 1. The molecular formula is C22H20F2N2O2. The monoisotopic (exact) mass is 382 g/mol. The molecule has 0 saturated heterocycles. The largest absolute Gasteiger partial charge is 0.483 e. The molecule has 4 rings (SSSR count). The van der Waals surface area contributed by atoms with Crippen molar-refractivity contribution in [1.29, 1.82) is 0 Å². The maximum atomic E-state index is 14.6. The zero-order chi connectivity index (χ0) is 20.1. The molecule has 144 valence electrons. The number of aromatic nitrogens is 1. The van der Waals surface area contributed by atoms with E-state index in [0.717, 1.165) is 0 Å². The van der Waals surface area contributed by atoms with E-state index in [9.17, 15) is 13.6 Å². The van der Waals surface area contributed by atoms with Crippen LogP contribution in [0.1, 0.15) is 37.9 Å². The predicted octanol–water partition coefficient (Wildman–Crippen LogP) is 4.62. The Labute approximate surface area is 161 Å². The molecule has 0 N–H and O–H groups in total. The standard InChI is InChI=1S/C22H20F2N2O2/c1-13(27)26-12-22(2,3)28-21-16(7-5-9-18(21)24)20(26)15-10-14-6-4-8-17(23)19(14)25-11-15/h4-11,20H,12H2,1-3H3. The van der Waals surface area contributed by atoms with Crippen molar-refractivity contribution in [2.75, 3.05) is 6.54 Å². The van der Waals surface area contributed by atoms with Crippen LogP contribution >= 0.6 is 0 Å². The van der Waals surface area contributed by atoms with Crippen LogP contribution < -0.4 is 4.74 Å². The van der Waals surface area contributed by atoms with Crippen molar-refractivity contribution in [3.63, 3.8) is 0 Å². The number of halogens is 2. The van der Waals surface area contributed by atoms with Gasteiger partial charge in [0, 0.05) is 24.1 Å². The van der Waals surface area contributed by atoms with Crippen LogP contribution in [0.25, 0.3) is 10.9 Å². The number of ether oxygens (including phenoxy) is 1. The molecule has 2 heterocycles. The van der Waals surface area contributed by atoms with Gasteiger partial charge in [-0.15, -0.1) is 0 Å². The molecule has 0 radical (unpaired) electrons. The number of nitrogens with zero attached hydrogens (tertiary/aromatic N) is 2. The number of para-hydroxylation sites is 2. The van der Waals surface area contributed by atoms with Crippen LogP contribution in [0.5, 0.6) is 5.75 Å². The summed E-state index contributed by atoms with van der Waals surface area (Å²) in [6, 6.07) is 10.6. The molecule has 1 aliphatic rings. The molecule has 1 atom stereocenters. The Morgan fingerprint density at radius 3 is 2.64 bits per heavy atom. The van der Waals surface area contributed by atoms with Crippen molar-refractivity contribution >= 4 is 16.8 Å². The molecule has 3 aromatic rings. The van der Waals surface area contributed by atoms with Crippen molar-refractivity contribution in [3.05, 3.63) is 71.4 Å². The molecule has 0 fully saturated rings. The second-order valence-corrected chi connectivity index (χ2v) is 7.65. The second kappa shape index (κ2) is 6.55. The first-order valence-corrected chi connectivity index (χ1v) is 9.06. The summed E-state index contributed by atoms with van der Waals surface area (Å²) in [5.74, 6) is -0.941. The topological polar surface area (TPSA) is 42.4 Å². The lowest BCUT2D eigenvalue weighted by atomic mass is 9.96. The second-order valence-electron chi connectivity index (χ2n) is 7.65. The quantitative estimate of drug-likeness (QED) is 0.617. The molecule has 6 heteroatoms. The highest BCUT2D eigenvalue weighted by atomic mass is 19.1. The minimum absolute atomic E-state index is 0.126. The summed E-state index contributed by atoms with van der Waals surface area (Å²) in [6.45, 7) is 5.37. The van der Waals surface area contributed by atoms with Gasteiger partial charge in [0.2, 0.25) is 5.91 Å². The van der Waals surface area contributed by atoms with Gasteiger partial charge in [-0.05, 0) is 37.6 Å². The zero-order valence-corrected chi connectivity index (χ0v) is 15.9. The number of hydrogen-bond acceptors (Lipinski definition) is 3. The van der Waals surface area contributed by atoms with Crippen LogP contribution in [0, 0.1) is 11.6 Å². The summed E-state index contributed by atoms with van der Waals surface area (Å²) in [6.07, 6.45) is 1.54. The fourth-order valence-electron chi connectivity index (χ4n) is 3.77. The lowest BCUT2D eigenvalue weighted by Gasteiger charge is -2.33. The third-order valence-corrected chi connectivity index (χ3v) is 4.94. The van der Waals surface area contributed by atoms with E-state index in [2.05, 4.69) is 4.98 Å². The smallest absolute Gasteiger partial charge is 0.220 e. The Balaban J connectivity index is 1.97. The van der Waals surface area contributed by atoms with Crippen molar-refractivity contribution in [3.8, 4) is 5.75 Å². The molecule has 0 aliphatic carbocycles. The van der Waals surface area contributed by atoms with Crippen molar-refractivity contribution in [2.45, 2.75) is 32.4 Å². The Bertz CT molecular complexity index is 1080. The van der Waals surface area contributed by atoms with Gasteiger partial charge in [0.15, 0.2) is 11.6 Å². The summed E-state index contributed by atoms with van der Waals surface area (Å²) in [5.41, 5.74) is 0.679. The SMILES string of the molecule is CC(=O)N1CC(C)(C)Oc2c(F)cccc2C1c1cnc2c(F)cccc2c1. The highest BCUT2D eigenvalue weighted by Crippen LogP contribution is 2.41. The molecule has 1 aliphatic heterocycles. The average molecular weight is 382 g/mol. The van der Waals surface area contributed by atoms with Gasteiger partial charge in [0.1, 0.15) is 16.9 Å². The number of carbonyl (C=O) groups is 1. The maximum Gasteiger partial charge on any atom is 0.220 e. The van der Waals surface area contributed by atoms with Crippen LogP contribution in [0.4, 0.5) is 8.78 Å². The molecule has 1 amide bonds. The summed E-state index contributed by atoms with van der Waals surface area (Å²) >= 11 is 0. The number of fused-ring (bicyclic) bond motifs is 2. The normalized spacial score (nSPS) is 18.3. The Morgan fingerprint density at radius 1 is 1.18 bits per heavy atom. The first kappa shape index (κ1) is 18.3. The van der Waals surface area contributed by atoms with Crippen LogP contribution in [-0.4, -0.2) is 27.9 Å². The van der Waals surface area contributed by atoms with Gasteiger partial charge in [-0.3, -0.25) is 9.78 Å². The van der Waals surface area contributed by atoms with E-state index in [-0.39, 0.29) is 23.7 Å². The fourth-order valence-corrected chi connectivity index (χ4v) is 3.77. The number of benzene rings is 2. The first-order chi connectivity index (χ1) is 13.3. The molecular weight excluding hydrogens is 362 g/mol. The van der Waals surface area contributed by atoms with Gasteiger partial charge in [0.05, 0.1) is 12.6 Å². The minimum atomic E-state index is -0.784. The van der Waals surface area contributed by atoms with Crippen LogP contribution in [0.3, 0.4) is 0 Å². The molecule has 0 spiro atoms. The summed E-state index contributed by atoms with van der Waals surface area (Å²) in [4.78, 5) is 18.4. The maximum absolute atomic E-state index is 14.6. The lowest BCUT2D eigenvalue weighted by Crippen LogP contribution is -2.44. The number of hydrogen-bond donors (Lipinski definition) is 0. The van der Waals surface area contributed by atoms with Crippen LogP contribution in [-0.2, 0) is 4.79 Å². The lowest BCUT2D eigenvalue weighted by molar-refractivity contribution is -0.132. The van der Waals surface area contributed by atoms with Crippen molar-refractivity contribution in [2.24, 2.45) is 0 Å². The van der Waals surface area contributed by atoms with Gasteiger partial charge in [0.25, 0.3) is 0 Å². The molecule has 4 nitrogen and oxygen atoms in total. The van der Waals surface area contributed by atoms with E-state index in [4.69, 9.17) is 4.74 Å². The Kier molecular flexibility index (Phi) is 4.29. The predicted molar refractivity (Wildman–Crippen MR) is 102 cm³/mol. The van der Waals surface area contributed by atoms with Crippen molar-refractivity contribution in [1.82, 2.24) is 9.88 Å². The highest BCUT2D eigenvalue weighted by molar-refractivity contribution is 5.80. The summed E-state index contributed by atoms with van der Waals surface area (Å²) in [5, 5.41) is 0.614. The van der Waals surface area contributed by atoms with Gasteiger partial charge in [-0.1, -0.05) is 24.3 Å². The first-order valence-electron chi connectivity index (χ1n) is 9.06. The fraction of sp³-hybridized carbons (Fsp3) is 0.273. The molecule has 28 heavy (non-hydrogen) atoms. The van der Waals surface area contributed by atoms with Crippen molar-refractivity contribution < 1.29 is 18.3 Å². The molecule has 1 unspecified atom stereocenters. The van der Waals surface area contributed by atoms with E-state index in [1.807, 2.05) is 13.8 Å². The summed E-state index contributed by atoms with van der Waals surface area (Å²) in [7, 11) is 0. The van der Waals surface area contributed by atoms with Crippen LogP contribution in [0.15, 0.2) is 48.7 Å². The third-order valence-electron chi connectivity index (χ3n) is 4.94. The van der Waals surface area contributed by atoms with E-state index in [1.165, 1.54) is 19.1 Å². The number of amides is 1. The van der Waals surface area contributed by atoms with Gasteiger partial charge in [-0.25, -0.2) is 8.78 Å². The zero-order valence-electron chi connectivity index (χ0n) is 15.9. The average Bonchev–Trinajstić information content (AvgIpc) is 2.76. The molecule has 2 aromatic carbocycles. The molecule has 1 aromatic heterocycles. The highest BCUT2D eigenvalue weighted by Gasteiger charge is 2.38. The summed E-state index contributed by atoms with van der Waals surface area (Å²) < 4.78 is 34.6. The van der Waals surface area contributed by atoms with Gasteiger partial charge < -0.3 is 9.64 Å². The van der Waals surface area contributed by atoms with Gasteiger partial charge in [-0.2, -0.15) is 0 Å². The Morgan fingerprint density at radius 2 is 1.89 bits per heavy atom. The van der Waals surface area contributed by atoms with Gasteiger partial charge >= 0.3 is 0 Å².